The number of aldehydes is 1. The molecule has 4 aromatic heterocycles. The van der Waals surface area contributed by atoms with Gasteiger partial charge in [0.15, 0.2) is 0 Å². The number of fused-ring (bicyclic) bond motifs is 2. The molecule has 0 aliphatic carbocycles. The van der Waals surface area contributed by atoms with Gasteiger partial charge in [0, 0.05) is 43.8 Å². The van der Waals surface area contributed by atoms with Gasteiger partial charge in [-0.25, -0.2) is 8.78 Å². The van der Waals surface area contributed by atoms with Crippen LogP contribution in [0.25, 0.3) is 22.1 Å². The van der Waals surface area contributed by atoms with E-state index in [1.807, 2.05) is 20.8 Å². The fraction of sp³-hybridized carbons (Fsp3) is 0.419. The van der Waals surface area contributed by atoms with Crippen molar-refractivity contribution in [3.05, 3.63) is 81.1 Å². The van der Waals surface area contributed by atoms with Crippen LogP contribution in [0, 0.1) is 17.6 Å². The van der Waals surface area contributed by atoms with E-state index < -0.39 is 17.2 Å². The number of aromatic nitrogens is 4. The van der Waals surface area contributed by atoms with Crippen molar-refractivity contribution >= 4 is 34.3 Å². The van der Waals surface area contributed by atoms with Crippen molar-refractivity contribution in [3.63, 3.8) is 0 Å². The number of esters is 1. The fourth-order valence-corrected chi connectivity index (χ4v) is 5.05. The number of nitrogens with zero attached hydrogens (tertiary/aromatic N) is 5. The van der Waals surface area contributed by atoms with E-state index in [0.717, 1.165) is 38.3 Å². The molecule has 10 nitrogen and oxygen atoms in total. The third-order valence-electron chi connectivity index (χ3n) is 7.09. The Morgan fingerprint density at radius 2 is 1.44 bits per heavy atom. The van der Waals surface area contributed by atoms with Crippen molar-refractivity contribution in [2.75, 3.05) is 19.6 Å². The van der Waals surface area contributed by atoms with Gasteiger partial charge in [-0.1, -0.05) is 0 Å². The first kappa shape index (κ1) is 31.6. The number of hydrogen-bond acceptors (Lipinski definition) is 8. The van der Waals surface area contributed by atoms with Crippen LogP contribution in [-0.2, 0) is 27.4 Å². The summed E-state index contributed by atoms with van der Waals surface area (Å²) in [4.78, 5) is 56.2. The van der Waals surface area contributed by atoms with Gasteiger partial charge in [0.05, 0.1) is 41.0 Å². The summed E-state index contributed by atoms with van der Waals surface area (Å²) in [6.45, 7) is 8.48. The minimum atomic E-state index is -0.534. The Bertz CT molecular complexity index is 1720. The molecule has 0 amide bonds. The van der Waals surface area contributed by atoms with E-state index in [0.29, 0.717) is 53.8 Å². The number of likely N-dealkylation sites (tertiary alicyclic amines) is 1. The second-order valence-electron chi connectivity index (χ2n) is 11.5. The topological polar surface area (TPSA) is 116 Å². The Labute approximate surface area is 246 Å². The summed E-state index contributed by atoms with van der Waals surface area (Å²) in [5, 5.41) is 0. The first-order valence-electron chi connectivity index (χ1n) is 14.1. The molecule has 228 valence electrons. The Balaban J connectivity index is 0.000000237. The zero-order valence-electron chi connectivity index (χ0n) is 24.5. The molecule has 1 aliphatic rings. The number of pyridine rings is 4. The zero-order chi connectivity index (χ0) is 31.1. The maximum atomic E-state index is 13.6. The van der Waals surface area contributed by atoms with Gasteiger partial charge in [-0.3, -0.25) is 28.9 Å². The average Bonchev–Trinajstić information content (AvgIpc) is 2.94. The lowest BCUT2D eigenvalue weighted by molar-refractivity contribution is -0.156. The van der Waals surface area contributed by atoms with Crippen molar-refractivity contribution in [2.24, 2.45) is 5.92 Å². The molecule has 5 rings (SSSR count). The van der Waals surface area contributed by atoms with Crippen molar-refractivity contribution < 1.29 is 23.1 Å². The average molecular weight is 596 g/mol. The van der Waals surface area contributed by atoms with Crippen LogP contribution < -0.4 is 11.1 Å². The molecule has 43 heavy (non-hydrogen) atoms. The number of carbonyl (C=O) groups is 2. The molecule has 0 atom stereocenters. The minimum absolute atomic E-state index is 0.0959. The predicted octanol–water partition coefficient (Wildman–Crippen LogP) is 3.71. The summed E-state index contributed by atoms with van der Waals surface area (Å²) in [6.07, 6.45) is 5.13. The Morgan fingerprint density at radius 3 is 1.98 bits per heavy atom. The molecule has 0 spiro atoms. The monoisotopic (exact) mass is 595 g/mol. The van der Waals surface area contributed by atoms with Crippen molar-refractivity contribution in [2.45, 2.75) is 58.7 Å². The predicted molar refractivity (Wildman–Crippen MR) is 158 cm³/mol. The highest BCUT2D eigenvalue weighted by Gasteiger charge is 2.24. The molecular formula is C31H35F2N5O5. The maximum absolute atomic E-state index is 13.6. The lowest BCUT2D eigenvalue weighted by Gasteiger charge is -2.32. The van der Waals surface area contributed by atoms with Gasteiger partial charge in [0.1, 0.15) is 23.5 Å². The molecular weight excluding hydrogens is 560 g/mol. The largest absolute Gasteiger partial charge is 0.460 e. The van der Waals surface area contributed by atoms with Gasteiger partial charge in [-0.2, -0.15) is 0 Å². The Morgan fingerprint density at radius 1 is 0.907 bits per heavy atom. The first-order valence-corrected chi connectivity index (χ1v) is 14.1. The quantitative estimate of drug-likeness (QED) is 0.235. The fourth-order valence-electron chi connectivity index (χ4n) is 5.05. The number of ether oxygens (including phenoxy) is 1. The molecule has 0 N–H and O–H groups in total. The summed E-state index contributed by atoms with van der Waals surface area (Å²) in [6, 6.07) is 8.44. The minimum Gasteiger partial charge on any atom is -0.460 e. The Kier molecular flexibility index (Phi) is 10.1. The molecule has 0 radical (unpaired) electrons. The van der Waals surface area contributed by atoms with Gasteiger partial charge in [-0.05, 0) is 64.8 Å². The maximum Gasteiger partial charge on any atom is 0.306 e. The second kappa shape index (κ2) is 13.8. The van der Waals surface area contributed by atoms with Gasteiger partial charge in [-0.15, -0.1) is 0 Å². The zero-order valence-corrected chi connectivity index (χ0v) is 24.5. The highest BCUT2D eigenvalue weighted by Crippen LogP contribution is 2.22. The van der Waals surface area contributed by atoms with Crippen LogP contribution in [0.5, 0.6) is 0 Å². The smallest absolute Gasteiger partial charge is 0.306 e. The summed E-state index contributed by atoms with van der Waals surface area (Å²) in [5.74, 6) is -0.782. The van der Waals surface area contributed by atoms with Gasteiger partial charge in [0.2, 0.25) is 0 Å². The SMILES string of the molecule is CC(C)(C)OC(=O)CC1CCN(CCn2c(=O)ccc3ncc(F)cc32)CC1.O=CCn1c(=O)ccc2ncc(F)cc21. The highest BCUT2D eigenvalue weighted by molar-refractivity contribution is 5.75. The molecule has 0 unspecified atom stereocenters. The molecule has 0 bridgehead atoms. The number of halogens is 2. The van der Waals surface area contributed by atoms with E-state index in [2.05, 4.69) is 14.9 Å². The molecule has 0 aromatic carbocycles. The van der Waals surface area contributed by atoms with Crippen LogP contribution in [0.1, 0.15) is 40.0 Å². The van der Waals surface area contributed by atoms with Crippen LogP contribution >= 0.6 is 0 Å². The van der Waals surface area contributed by atoms with Crippen molar-refractivity contribution in [1.29, 1.82) is 0 Å². The Hall–Kier alpha value is -4.32. The number of hydrogen-bond donors (Lipinski definition) is 0. The lowest BCUT2D eigenvalue weighted by Crippen LogP contribution is -2.38. The molecule has 4 aromatic rings. The lowest BCUT2D eigenvalue weighted by atomic mass is 9.93. The van der Waals surface area contributed by atoms with E-state index in [9.17, 15) is 28.0 Å². The van der Waals surface area contributed by atoms with Crippen LogP contribution in [0.4, 0.5) is 8.78 Å². The molecule has 5 heterocycles. The van der Waals surface area contributed by atoms with Crippen LogP contribution in [0.3, 0.4) is 0 Å². The van der Waals surface area contributed by atoms with E-state index >= 15 is 0 Å². The standard InChI is InChI=1S/C21H28FN3O3.C10H7FN2O2/c1-21(2,3)28-20(27)12-15-6-8-24(9-7-15)10-11-25-18-13-16(22)14-23-17(18)4-5-19(25)26;11-7-5-9-8(12-6-7)1-2-10(15)13(9)3-4-14/h4-5,13-15H,6-12H2,1-3H3;1-2,4-6H,3H2. The molecule has 12 heteroatoms. The summed E-state index contributed by atoms with van der Waals surface area (Å²) in [7, 11) is 0. The number of piperidine rings is 1. The van der Waals surface area contributed by atoms with E-state index in [-0.39, 0.29) is 23.6 Å². The van der Waals surface area contributed by atoms with Crippen molar-refractivity contribution in [3.8, 4) is 0 Å². The number of carbonyl (C=O) groups excluding carboxylic acids is 2. The summed E-state index contributed by atoms with van der Waals surface area (Å²) >= 11 is 0. The van der Waals surface area contributed by atoms with Crippen molar-refractivity contribution in [1.82, 2.24) is 24.0 Å². The molecule has 1 aliphatic heterocycles. The highest BCUT2D eigenvalue weighted by atomic mass is 19.1. The van der Waals surface area contributed by atoms with E-state index in [1.165, 1.54) is 34.9 Å². The number of rotatable bonds is 7. The van der Waals surface area contributed by atoms with Gasteiger partial charge in [0.25, 0.3) is 11.1 Å². The normalized spacial score (nSPS) is 14.3. The van der Waals surface area contributed by atoms with Gasteiger partial charge >= 0.3 is 5.97 Å². The second-order valence-corrected chi connectivity index (χ2v) is 11.5. The summed E-state index contributed by atoms with van der Waals surface area (Å²) in [5.41, 5.74) is 0.997. The van der Waals surface area contributed by atoms with E-state index in [1.54, 1.807) is 10.6 Å². The molecule has 1 fully saturated rings. The third-order valence-corrected chi connectivity index (χ3v) is 7.09. The third kappa shape index (κ3) is 8.60. The van der Waals surface area contributed by atoms with Crippen LogP contribution in [-0.4, -0.2) is 61.5 Å². The molecule has 0 saturated carbocycles. The first-order chi connectivity index (χ1) is 20.4. The summed E-state index contributed by atoms with van der Waals surface area (Å²) < 4.78 is 34.7. The van der Waals surface area contributed by atoms with Crippen LogP contribution in [0.2, 0.25) is 0 Å². The molecule has 1 saturated heterocycles. The van der Waals surface area contributed by atoms with Crippen LogP contribution in [0.15, 0.2) is 58.4 Å². The van der Waals surface area contributed by atoms with E-state index in [4.69, 9.17) is 4.74 Å². The van der Waals surface area contributed by atoms with Gasteiger partial charge < -0.3 is 19.0 Å².